The highest BCUT2D eigenvalue weighted by Gasteiger charge is 2.18. The molecule has 0 saturated carbocycles. The van der Waals surface area contributed by atoms with Crippen LogP contribution in [0.5, 0.6) is 0 Å². The third-order valence-electron chi connectivity index (χ3n) is 4.69. The number of nitrogens with one attached hydrogen (secondary N) is 1. The van der Waals surface area contributed by atoms with E-state index in [1.165, 1.54) is 4.57 Å². The fraction of sp³-hybridized carbons (Fsp3) is 0.190. The van der Waals surface area contributed by atoms with Crippen LogP contribution in [-0.2, 0) is 11.3 Å². The maximum atomic E-state index is 12.9. The molecule has 0 radical (unpaired) electrons. The molecule has 2 aromatic heterocycles. The van der Waals surface area contributed by atoms with Gasteiger partial charge in [-0.15, -0.1) is 0 Å². The number of alkyl halides is 2. The first-order valence-electron chi connectivity index (χ1n) is 9.29. The van der Waals surface area contributed by atoms with Crippen LogP contribution in [0.3, 0.4) is 0 Å². The highest BCUT2D eigenvalue weighted by Crippen LogP contribution is 2.28. The van der Waals surface area contributed by atoms with Gasteiger partial charge in [-0.05, 0) is 48.5 Å². The lowest BCUT2D eigenvalue weighted by Gasteiger charge is -2.16. The Hall–Kier alpha value is -3.20. The van der Waals surface area contributed by atoms with Crippen LogP contribution in [-0.4, -0.2) is 30.8 Å². The fourth-order valence-corrected chi connectivity index (χ4v) is 3.84. The molecule has 2 aromatic carbocycles. The molecule has 0 spiro atoms. The van der Waals surface area contributed by atoms with Gasteiger partial charge >= 0.3 is 0 Å². The second-order valence-electron chi connectivity index (χ2n) is 6.70. The third kappa shape index (κ3) is 4.35. The molecule has 1 N–H and O–H groups in total. The van der Waals surface area contributed by atoms with E-state index in [0.29, 0.717) is 22.8 Å². The van der Waals surface area contributed by atoms with E-state index < -0.39 is 5.76 Å². The Morgan fingerprint density at radius 2 is 1.93 bits per heavy atom. The van der Waals surface area contributed by atoms with Gasteiger partial charge in [0.15, 0.2) is 5.16 Å². The zero-order valence-electron chi connectivity index (χ0n) is 16.1. The first-order chi connectivity index (χ1) is 14.5. The number of carbonyl (C=O) groups excluding carboxylic acids is 1. The van der Waals surface area contributed by atoms with Crippen LogP contribution in [0.2, 0.25) is 0 Å². The average molecular weight is 427 g/mol. The maximum Gasteiger partial charge on any atom is 0.291 e. The van der Waals surface area contributed by atoms with Crippen molar-refractivity contribution in [3.8, 4) is 5.69 Å². The summed E-state index contributed by atoms with van der Waals surface area (Å²) in [6.45, 7) is 1.79. The molecule has 1 amide bonds. The van der Waals surface area contributed by atoms with Gasteiger partial charge < -0.3 is 14.5 Å². The standard InChI is InChI=1S/C21H19F2N5OS/c1-14(15-6-8-16(9-7-15)27-11-10-24-13-27)25-19(29)12-28-18-5-3-2-4-17(18)26-21(28)30-20(22)23/h2-11,13-14,20H,12H2,1H3,(H,25,29)/t14-/m1/s1. The summed E-state index contributed by atoms with van der Waals surface area (Å²) in [4.78, 5) is 20.9. The lowest BCUT2D eigenvalue weighted by molar-refractivity contribution is -0.122. The molecule has 0 bridgehead atoms. The van der Waals surface area contributed by atoms with Crippen molar-refractivity contribution < 1.29 is 13.6 Å². The van der Waals surface area contributed by atoms with Gasteiger partial charge in [0.25, 0.3) is 5.76 Å². The van der Waals surface area contributed by atoms with Crippen molar-refractivity contribution >= 4 is 28.7 Å². The summed E-state index contributed by atoms with van der Waals surface area (Å²) in [6, 6.07) is 14.6. The molecule has 0 aliphatic heterocycles. The molecule has 30 heavy (non-hydrogen) atoms. The van der Waals surface area contributed by atoms with Gasteiger partial charge in [0.1, 0.15) is 6.54 Å². The van der Waals surface area contributed by atoms with E-state index in [1.54, 1.807) is 36.8 Å². The molecule has 4 rings (SSSR count). The molecule has 2 heterocycles. The maximum absolute atomic E-state index is 12.9. The minimum absolute atomic E-state index is 0.0903. The first-order valence-corrected chi connectivity index (χ1v) is 10.2. The van der Waals surface area contributed by atoms with Gasteiger partial charge in [-0.25, -0.2) is 9.97 Å². The number of rotatable bonds is 7. The number of benzene rings is 2. The van der Waals surface area contributed by atoms with Crippen LogP contribution in [0.1, 0.15) is 18.5 Å². The highest BCUT2D eigenvalue weighted by molar-refractivity contribution is 7.99. The number of fused-ring (bicyclic) bond motifs is 1. The number of hydrogen-bond donors (Lipinski definition) is 1. The predicted octanol–water partition coefficient (Wildman–Crippen LogP) is 4.41. The molecule has 4 aromatic rings. The zero-order chi connectivity index (χ0) is 21.1. The Morgan fingerprint density at radius 3 is 2.63 bits per heavy atom. The van der Waals surface area contributed by atoms with Crippen molar-refractivity contribution in [2.24, 2.45) is 0 Å². The molecule has 0 aliphatic carbocycles. The molecule has 0 unspecified atom stereocenters. The summed E-state index contributed by atoms with van der Waals surface area (Å²) >= 11 is 0.339. The Morgan fingerprint density at radius 1 is 1.17 bits per heavy atom. The van der Waals surface area contributed by atoms with E-state index in [2.05, 4.69) is 15.3 Å². The van der Waals surface area contributed by atoms with Crippen LogP contribution in [0, 0.1) is 0 Å². The Balaban J connectivity index is 1.48. The minimum Gasteiger partial charge on any atom is -0.348 e. The number of imidazole rings is 2. The smallest absolute Gasteiger partial charge is 0.291 e. The largest absolute Gasteiger partial charge is 0.348 e. The molecular weight excluding hydrogens is 408 g/mol. The minimum atomic E-state index is -2.61. The number of carbonyl (C=O) groups is 1. The predicted molar refractivity (Wildman–Crippen MR) is 112 cm³/mol. The highest BCUT2D eigenvalue weighted by atomic mass is 32.2. The van der Waals surface area contributed by atoms with Crippen molar-refractivity contribution in [1.29, 1.82) is 0 Å². The molecule has 1 atom stereocenters. The van der Waals surface area contributed by atoms with Gasteiger partial charge in [-0.1, -0.05) is 24.3 Å². The lowest BCUT2D eigenvalue weighted by atomic mass is 10.1. The van der Waals surface area contributed by atoms with Gasteiger partial charge in [0.05, 0.1) is 23.4 Å². The number of aromatic nitrogens is 4. The van der Waals surface area contributed by atoms with E-state index >= 15 is 0 Å². The van der Waals surface area contributed by atoms with Gasteiger partial charge in [0, 0.05) is 18.1 Å². The van der Waals surface area contributed by atoms with E-state index in [1.807, 2.05) is 42.0 Å². The topological polar surface area (TPSA) is 64.7 Å². The number of nitrogens with zero attached hydrogens (tertiary/aromatic N) is 4. The van der Waals surface area contributed by atoms with Crippen LogP contribution in [0.25, 0.3) is 16.7 Å². The quantitative estimate of drug-likeness (QED) is 0.444. The monoisotopic (exact) mass is 427 g/mol. The van der Waals surface area contributed by atoms with E-state index in [9.17, 15) is 13.6 Å². The van der Waals surface area contributed by atoms with Crippen LogP contribution >= 0.6 is 11.8 Å². The average Bonchev–Trinajstić information content (AvgIpc) is 3.37. The summed E-state index contributed by atoms with van der Waals surface area (Å²) in [5, 5.41) is 3.05. The fourth-order valence-electron chi connectivity index (χ4n) is 3.24. The summed E-state index contributed by atoms with van der Waals surface area (Å²) < 4.78 is 29.3. The Labute approximate surface area is 175 Å². The van der Waals surface area contributed by atoms with Gasteiger partial charge in [-0.2, -0.15) is 8.78 Å². The van der Waals surface area contributed by atoms with E-state index in [0.717, 1.165) is 11.3 Å². The first kappa shape index (κ1) is 20.1. The summed E-state index contributed by atoms with van der Waals surface area (Å²) in [7, 11) is 0. The zero-order valence-corrected chi connectivity index (χ0v) is 16.9. The van der Waals surface area contributed by atoms with Crippen molar-refractivity contribution in [3.63, 3.8) is 0 Å². The SMILES string of the molecule is C[C@@H](NC(=O)Cn1c(SC(F)F)nc2ccccc21)c1ccc(-n2ccnc2)cc1. The number of hydrogen-bond acceptors (Lipinski definition) is 4. The third-order valence-corrected chi connectivity index (χ3v) is 5.39. The second-order valence-corrected chi connectivity index (χ2v) is 7.66. The Kier molecular flexibility index (Phi) is 5.80. The number of halogens is 2. The summed E-state index contributed by atoms with van der Waals surface area (Å²) in [5.74, 6) is -2.89. The Bertz CT molecular complexity index is 1140. The molecular formula is C21H19F2N5OS. The normalized spacial score (nSPS) is 12.4. The van der Waals surface area contributed by atoms with Crippen molar-refractivity contribution in [3.05, 3.63) is 72.8 Å². The second kappa shape index (κ2) is 8.66. The van der Waals surface area contributed by atoms with E-state index in [4.69, 9.17) is 0 Å². The number of thioether (sulfide) groups is 1. The lowest BCUT2D eigenvalue weighted by Crippen LogP contribution is -2.30. The molecule has 0 saturated heterocycles. The molecule has 0 fully saturated rings. The van der Waals surface area contributed by atoms with E-state index in [-0.39, 0.29) is 23.7 Å². The molecule has 9 heteroatoms. The van der Waals surface area contributed by atoms with Gasteiger partial charge in [-0.3, -0.25) is 4.79 Å². The molecule has 6 nitrogen and oxygen atoms in total. The number of amides is 1. The molecule has 154 valence electrons. The van der Waals surface area contributed by atoms with Crippen molar-refractivity contribution in [2.75, 3.05) is 0 Å². The van der Waals surface area contributed by atoms with Crippen LogP contribution in [0.15, 0.2) is 72.4 Å². The molecule has 0 aliphatic rings. The summed E-state index contributed by atoms with van der Waals surface area (Å²) in [5.41, 5.74) is 3.13. The van der Waals surface area contributed by atoms with Crippen LogP contribution in [0.4, 0.5) is 8.78 Å². The summed E-state index contributed by atoms with van der Waals surface area (Å²) in [6.07, 6.45) is 5.27. The van der Waals surface area contributed by atoms with Crippen LogP contribution < -0.4 is 5.32 Å². The number of para-hydroxylation sites is 2. The van der Waals surface area contributed by atoms with Crippen molar-refractivity contribution in [1.82, 2.24) is 24.4 Å². The van der Waals surface area contributed by atoms with Crippen molar-refractivity contribution in [2.45, 2.75) is 30.4 Å². The van der Waals surface area contributed by atoms with Gasteiger partial charge in [0.2, 0.25) is 5.91 Å².